The van der Waals surface area contributed by atoms with Crippen molar-refractivity contribution in [2.75, 3.05) is 5.75 Å². The lowest BCUT2D eigenvalue weighted by atomic mass is 10.1. The van der Waals surface area contributed by atoms with E-state index in [1.54, 1.807) is 28.6 Å². The van der Waals surface area contributed by atoms with Crippen LogP contribution in [-0.4, -0.2) is 24.0 Å². The predicted octanol–water partition coefficient (Wildman–Crippen LogP) is 6.08. The van der Waals surface area contributed by atoms with Crippen LogP contribution < -0.4 is 5.14 Å². The van der Waals surface area contributed by atoms with E-state index in [2.05, 4.69) is 0 Å². The van der Waals surface area contributed by atoms with Crippen LogP contribution in [0.25, 0.3) is 21.8 Å². The topological polar surface area (TPSA) is 78.0 Å². The fraction of sp³-hybridized carbons (Fsp3) is 0.136. The first-order valence-electron chi connectivity index (χ1n) is 9.50. The van der Waals surface area contributed by atoms with Crippen LogP contribution in [-0.2, 0) is 10.0 Å². The maximum atomic E-state index is 11.6. The van der Waals surface area contributed by atoms with Crippen molar-refractivity contribution in [1.82, 2.24) is 9.78 Å². The van der Waals surface area contributed by atoms with E-state index in [9.17, 15) is 8.42 Å². The van der Waals surface area contributed by atoms with E-state index >= 15 is 0 Å². The number of aromatic nitrogens is 2. The van der Waals surface area contributed by atoms with Gasteiger partial charge in [-0.25, -0.2) is 18.2 Å². The summed E-state index contributed by atoms with van der Waals surface area (Å²) in [5.74, 6) is 0.694. The molecule has 2 aromatic carbocycles. The van der Waals surface area contributed by atoms with Gasteiger partial charge in [0.2, 0.25) is 10.0 Å². The quantitative estimate of drug-likeness (QED) is 0.477. The summed E-state index contributed by atoms with van der Waals surface area (Å²) < 4.78 is 24.9. The summed E-state index contributed by atoms with van der Waals surface area (Å²) in [5.41, 5.74) is 3.29. The number of allylic oxidation sites excluding steroid dienone is 2. The van der Waals surface area contributed by atoms with Gasteiger partial charge in [0.25, 0.3) is 0 Å². The molecule has 1 aliphatic heterocycles. The minimum atomic E-state index is -3.76. The van der Waals surface area contributed by atoms with Crippen LogP contribution in [0.1, 0.15) is 19.5 Å². The minimum Gasteiger partial charge on any atom is -0.232 e. The normalized spacial score (nSPS) is 13.7. The summed E-state index contributed by atoms with van der Waals surface area (Å²) >= 11 is 13.7. The number of sulfonamides is 1. The van der Waals surface area contributed by atoms with Gasteiger partial charge in [-0.05, 0) is 54.6 Å². The van der Waals surface area contributed by atoms with Crippen molar-refractivity contribution in [2.24, 2.45) is 5.14 Å². The van der Waals surface area contributed by atoms with Crippen LogP contribution in [0.15, 0.2) is 76.7 Å². The van der Waals surface area contributed by atoms with Crippen molar-refractivity contribution in [2.45, 2.75) is 18.7 Å². The largest absolute Gasteiger partial charge is 0.238 e. The molecule has 0 saturated heterocycles. The smallest absolute Gasteiger partial charge is 0.232 e. The molecule has 0 bridgehead atoms. The second-order valence-electron chi connectivity index (χ2n) is 6.31. The highest BCUT2D eigenvalue weighted by atomic mass is 35.5. The maximum absolute atomic E-state index is 11.6. The Balaban J connectivity index is 0.00000132. The zero-order valence-corrected chi connectivity index (χ0v) is 20.1. The fourth-order valence-corrected chi connectivity index (χ4v) is 4.54. The van der Waals surface area contributed by atoms with Gasteiger partial charge < -0.3 is 0 Å². The lowest BCUT2D eigenvalue weighted by molar-refractivity contribution is 0.598. The average molecular weight is 494 g/mol. The van der Waals surface area contributed by atoms with E-state index in [-0.39, 0.29) is 4.90 Å². The Labute approximate surface area is 196 Å². The lowest BCUT2D eigenvalue weighted by Gasteiger charge is -2.09. The summed E-state index contributed by atoms with van der Waals surface area (Å²) in [6.45, 7) is 4.00. The van der Waals surface area contributed by atoms with Gasteiger partial charge in [-0.15, -0.1) is 11.8 Å². The molecule has 0 saturated carbocycles. The van der Waals surface area contributed by atoms with Crippen LogP contribution >= 0.6 is 35.0 Å². The molecule has 0 unspecified atom stereocenters. The minimum absolute atomic E-state index is 0.0481. The molecule has 31 heavy (non-hydrogen) atoms. The van der Waals surface area contributed by atoms with E-state index in [4.69, 9.17) is 33.4 Å². The van der Waals surface area contributed by atoms with Crippen molar-refractivity contribution in [3.8, 4) is 16.9 Å². The molecule has 0 atom stereocenters. The second kappa shape index (κ2) is 10.1. The average Bonchev–Trinajstić information content (AvgIpc) is 3.21. The van der Waals surface area contributed by atoms with Crippen LogP contribution in [0.4, 0.5) is 0 Å². The van der Waals surface area contributed by atoms with E-state index in [1.807, 2.05) is 56.3 Å². The summed E-state index contributed by atoms with van der Waals surface area (Å²) in [7, 11) is -3.76. The molecule has 0 radical (unpaired) electrons. The first-order valence-corrected chi connectivity index (χ1v) is 12.8. The van der Waals surface area contributed by atoms with Gasteiger partial charge in [0.05, 0.1) is 22.0 Å². The Morgan fingerprint density at radius 2 is 1.65 bits per heavy atom. The third-order valence-corrected chi connectivity index (χ3v) is 7.00. The SMILES string of the molecule is CC.NS(=O)(=O)c1ccc(-n2nc(C3=CC=C(Cl)CS3)cc2-c2ccc(Cl)cc2)cc1. The highest BCUT2D eigenvalue weighted by molar-refractivity contribution is 8.08. The number of primary sulfonamides is 1. The maximum Gasteiger partial charge on any atom is 0.238 e. The molecule has 3 aromatic rings. The summed E-state index contributed by atoms with van der Waals surface area (Å²) in [4.78, 5) is 1.05. The fourth-order valence-electron chi connectivity index (χ4n) is 2.87. The molecular weight excluding hydrogens is 473 g/mol. The molecule has 0 amide bonds. The molecule has 1 aliphatic rings. The van der Waals surface area contributed by atoms with E-state index in [1.165, 1.54) is 12.1 Å². The van der Waals surface area contributed by atoms with Gasteiger partial charge in [0.1, 0.15) is 0 Å². The van der Waals surface area contributed by atoms with Gasteiger partial charge in [0, 0.05) is 26.3 Å². The molecule has 2 N–H and O–H groups in total. The highest BCUT2D eigenvalue weighted by Crippen LogP contribution is 2.36. The van der Waals surface area contributed by atoms with Gasteiger partial charge in [-0.2, -0.15) is 5.10 Å². The number of halogens is 2. The van der Waals surface area contributed by atoms with Gasteiger partial charge in [-0.3, -0.25) is 0 Å². The van der Waals surface area contributed by atoms with Crippen LogP contribution in [0, 0.1) is 0 Å². The molecule has 1 aromatic heterocycles. The van der Waals surface area contributed by atoms with Crippen LogP contribution in [0.3, 0.4) is 0 Å². The van der Waals surface area contributed by atoms with Crippen molar-refractivity contribution in [3.05, 3.63) is 82.5 Å². The molecule has 162 valence electrons. The Morgan fingerprint density at radius 1 is 1.00 bits per heavy atom. The molecule has 0 aliphatic carbocycles. The Bertz CT molecular complexity index is 1230. The third kappa shape index (κ3) is 5.61. The zero-order valence-electron chi connectivity index (χ0n) is 16.9. The lowest BCUT2D eigenvalue weighted by Crippen LogP contribution is -2.12. The molecule has 2 heterocycles. The van der Waals surface area contributed by atoms with Gasteiger partial charge >= 0.3 is 0 Å². The third-order valence-electron chi connectivity index (χ3n) is 4.29. The molecular formula is C22H21Cl2N3O2S2. The Hall–Kier alpha value is -2.03. The number of nitrogens with two attached hydrogens (primary N) is 1. The van der Waals surface area contributed by atoms with Crippen molar-refractivity contribution in [3.63, 3.8) is 0 Å². The number of rotatable bonds is 4. The van der Waals surface area contributed by atoms with E-state index in [0.717, 1.165) is 26.9 Å². The van der Waals surface area contributed by atoms with Crippen LogP contribution in [0.2, 0.25) is 5.02 Å². The van der Waals surface area contributed by atoms with Gasteiger partial charge in [0.15, 0.2) is 0 Å². The van der Waals surface area contributed by atoms with E-state index in [0.29, 0.717) is 16.5 Å². The Kier molecular flexibility index (Phi) is 7.67. The van der Waals surface area contributed by atoms with Gasteiger partial charge in [-0.1, -0.05) is 49.2 Å². The molecule has 0 spiro atoms. The van der Waals surface area contributed by atoms with E-state index < -0.39 is 10.0 Å². The first kappa shape index (κ1) is 23.6. The van der Waals surface area contributed by atoms with Crippen molar-refractivity contribution >= 4 is 49.9 Å². The number of hydrogen-bond donors (Lipinski definition) is 1. The van der Waals surface area contributed by atoms with Crippen LogP contribution in [0.5, 0.6) is 0 Å². The standard InChI is InChI=1S/C20H15Cl2N3O2S2.C2H6/c21-14-3-1-13(2-4-14)19-11-18(20-10-5-15(22)12-28-20)24-25(19)16-6-8-17(9-7-16)29(23,26)27;1-2/h1-11H,12H2,(H2,23,26,27);1-2H3. The van der Waals surface area contributed by atoms with Crippen molar-refractivity contribution < 1.29 is 8.42 Å². The number of benzene rings is 2. The number of thioether (sulfide) groups is 1. The summed E-state index contributed by atoms with van der Waals surface area (Å²) in [6, 6.07) is 15.7. The Morgan fingerprint density at radius 3 is 2.19 bits per heavy atom. The summed E-state index contributed by atoms with van der Waals surface area (Å²) in [6.07, 6.45) is 3.81. The number of nitrogens with zero attached hydrogens (tertiary/aromatic N) is 2. The first-order chi connectivity index (χ1) is 14.8. The second-order valence-corrected chi connectivity index (χ2v) is 9.81. The zero-order chi connectivity index (χ0) is 22.6. The predicted molar refractivity (Wildman–Crippen MR) is 131 cm³/mol. The monoisotopic (exact) mass is 493 g/mol. The highest BCUT2D eigenvalue weighted by Gasteiger charge is 2.17. The number of hydrogen-bond acceptors (Lipinski definition) is 4. The molecule has 0 fully saturated rings. The molecule has 9 heteroatoms. The molecule has 4 rings (SSSR count). The molecule has 5 nitrogen and oxygen atoms in total. The van der Waals surface area contributed by atoms with Crippen molar-refractivity contribution in [1.29, 1.82) is 0 Å². The summed E-state index contributed by atoms with van der Waals surface area (Å²) in [5, 5.41) is 11.4.